The predicted molar refractivity (Wildman–Crippen MR) is 72.5 cm³/mol. The van der Waals surface area contributed by atoms with Crippen molar-refractivity contribution in [2.24, 2.45) is 0 Å². The molecule has 0 bridgehead atoms. The maximum absolute atomic E-state index is 11.8. The molecule has 0 aliphatic carbocycles. The lowest BCUT2D eigenvalue weighted by Gasteiger charge is -2.08. The SMILES string of the molecule is COCCNCCCn1cc(Br)cc(C)c1=O. The Balaban J connectivity index is 2.39. The molecule has 0 atom stereocenters. The molecule has 0 saturated heterocycles. The van der Waals surface area contributed by atoms with E-state index in [1.54, 1.807) is 11.7 Å². The van der Waals surface area contributed by atoms with Crippen molar-refractivity contribution in [3.8, 4) is 0 Å². The minimum absolute atomic E-state index is 0.0880. The Kier molecular flexibility index (Phi) is 6.47. The number of ether oxygens (including phenoxy) is 1. The molecule has 0 amide bonds. The maximum Gasteiger partial charge on any atom is 0.253 e. The minimum atomic E-state index is 0.0880. The van der Waals surface area contributed by atoms with Gasteiger partial charge in [0.25, 0.3) is 5.56 Å². The summed E-state index contributed by atoms with van der Waals surface area (Å²) in [5.74, 6) is 0. The Hall–Kier alpha value is -0.650. The number of halogens is 1. The fourth-order valence-electron chi connectivity index (χ4n) is 1.58. The van der Waals surface area contributed by atoms with Gasteiger partial charge in [0, 0.05) is 36.4 Å². The van der Waals surface area contributed by atoms with Gasteiger partial charge in [0.1, 0.15) is 0 Å². The molecular weight excluding hydrogens is 284 g/mol. The Bertz CT molecular complexity index is 404. The van der Waals surface area contributed by atoms with E-state index >= 15 is 0 Å². The number of pyridine rings is 1. The summed E-state index contributed by atoms with van der Waals surface area (Å²) in [4.78, 5) is 11.8. The van der Waals surface area contributed by atoms with Gasteiger partial charge in [-0.1, -0.05) is 0 Å². The molecule has 0 spiro atoms. The molecule has 0 radical (unpaired) electrons. The summed E-state index contributed by atoms with van der Waals surface area (Å²) in [6.45, 7) is 5.03. The standard InChI is InChI=1S/C12H19BrN2O2/c1-10-8-11(13)9-15(12(10)16)6-3-4-14-5-7-17-2/h8-9,14H,3-7H2,1-2H3. The van der Waals surface area contributed by atoms with Gasteiger partial charge in [0.2, 0.25) is 0 Å². The van der Waals surface area contributed by atoms with E-state index in [0.717, 1.165) is 42.7 Å². The van der Waals surface area contributed by atoms with Gasteiger partial charge in [-0.2, -0.15) is 0 Å². The van der Waals surface area contributed by atoms with Crippen LogP contribution in [0.25, 0.3) is 0 Å². The van der Waals surface area contributed by atoms with Crippen LogP contribution in [0.5, 0.6) is 0 Å². The Morgan fingerprint density at radius 3 is 2.94 bits per heavy atom. The van der Waals surface area contributed by atoms with Gasteiger partial charge in [-0.3, -0.25) is 4.79 Å². The first-order valence-corrected chi connectivity index (χ1v) is 6.50. The minimum Gasteiger partial charge on any atom is -0.383 e. The topological polar surface area (TPSA) is 43.3 Å². The number of aryl methyl sites for hydroxylation is 2. The number of nitrogens with zero attached hydrogens (tertiary/aromatic N) is 1. The molecular formula is C12H19BrN2O2. The summed E-state index contributed by atoms with van der Waals surface area (Å²) in [5, 5.41) is 3.25. The first-order valence-electron chi connectivity index (χ1n) is 5.71. The number of methoxy groups -OCH3 is 1. The molecule has 0 fully saturated rings. The molecule has 0 unspecified atom stereocenters. The second-order valence-corrected chi connectivity index (χ2v) is 4.85. The van der Waals surface area contributed by atoms with Crippen molar-refractivity contribution in [3.05, 3.63) is 32.7 Å². The highest BCUT2D eigenvalue weighted by molar-refractivity contribution is 9.10. The summed E-state index contributed by atoms with van der Waals surface area (Å²) < 4.78 is 7.63. The van der Waals surface area contributed by atoms with Gasteiger partial charge in [0.05, 0.1) is 6.61 Å². The van der Waals surface area contributed by atoms with Crippen LogP contribution in [0, 0.1) is 6.92 Å². The lowest BCUT2D eigenvalue weighted by molar-refractivity contribution is 0.199. The van der Waals surface area contributed by atoms with Crippen molar-refractivity contribution in [1.29, 1.82) is 0 Å². The first kappa shape index (κ1) is 14.4. The summed E-state index contributed by atoms with van der Waals surface area (Å²) in [7, 11) is 1.69. The fraction of sp³-hybridized carbons (Fsp3) is 0.583. The van der Waals surface area contributed by atoms with Crippen molar-refractivity contribution < 1.29 is 4.74 Å². The third-order valence-electron chi connectivity index (χ3n) is 2.47. The predicted octanol–water partition coefficient (Wildman–Crippen LogP) is 1.55. The van der Waals surface area contributed by atoms with Gasteiger partial charge in [-0.15, -0.1) is 0 Å². The zero-order valence-corrected chi connectivity index (χ0v) is 11.9. The monoisotopic (exact) mass is 302 g/mol. The van der Waals surface area contributed by atoms with Gasteiger partial charge < -0.3 is 14.6 Å². The highest BCUT2D eigenvalue weighted by atomic mass is 79.9. The van der Waals surface area contributed by atoms with Crippen molar-refractivity contribution in [1.82, 2.24) is 9.88 Å². The maximum atomic E-state index is 11.8. The van der Waals surface area contributed by atoms with Gasteiger partial charge in [-0.05, 0) is 41.9 Å². The zero-order valence-electron chi connectivity index (χ0n) is 10.3. The van der Waals surface area contributed by atoms with Crippen LogP contribution >= 0.6 is 15.9 Å². The molecule has 96 valence electrons. The zero-order chi connectivity index (χ0) is 12.7. The van der Waals surface area contributed by atoms with Crippen LogP contribution in [0.4, 0.5) is 0 Å². The highest BCUT2D eigenvalue weighted by Gasteiger charge is 2.01. The van der Waals surface area contributed by atoms with Crippen LogP contribution in [0.2, 0.25) is 0 Å². The molecule has 1 rings (SSSR count). The largest absolute Gasteiger partial charge is 0.383 e. The van der Waals surface area contributed by atoms with E-state index in [2.05, 4.69) is 21.2 Å². The summed E-state index contributed by atoms with van der Waals surface area (Å²) in [5.41, 5.74) is 0.858. The summed E-state index contributed by atoms with van der Waals surface area (Å²) >= 11 is 3.40. The van der Waals surface area contributed by atoms with E-state index in [1.165, 1.54) is 0 Å². The number of nitrogens with one attached hydrogen (secondary N) is 1. The Labute approximate surface area is 110 Å². The average molecular weight is 303 g/mol. The molecule has 0 aliphatic heterocycles. The quantitative estimate of drug-likeness (QED) is 0.777. The van der Waals surface area contributed by atoms with Gasteiger partial charge >= 0.3 is 0 Å². The van der Waals surface area contributed by atoms with E-state index in [1.807, 2.05) is 19.2 Å². The lowest BCUT2D eigenvalue weighted by Crippen LogP contribution is -2.25. The molecule has 1 heterocycles. The molecule has 17 heavy (non-hydrogen) atoms. The fourth-order valence-corrected chi connectivity index (χ4v) is 2.17. The van der Waals surface area contributed by atoms with Crippen LogP contribution in [-0.4, -0.2) is 31.4 Å². The van der Waals surface area contributed by atoms with E-state index in [4.69, 9.17) is 4.74 Å². The van der Waals surface area contributed by atoms with Crippen LogP contribution in [0.3, 0.4) is 0 Å². The molecule has 1 aromatic rings. The number of hydrogen-bond donors (Lipinski definition) is 1. The molecule has 5 heteroatoms. The van der Waals surface area contributed by atoms with Crippen LogP contribution in [0.1, 0.15) is 12.0 Å². The highest BCUT2D eigenvalue weighted by Crippen LogP contribution is 2.08. The summed E-state index contributed by atoms with van der Waals surface area (Å²) in [6.07, 6.45) is 2.77. The van der Waals surface area contributed by atoms with Gasteiger partial charge in [-0.25, -0.2) is 0 Å². The van der Waals surface area contributed by atoms with E-state index in [0.29, 0.717) is 0 Å². The molecule has 1 N–H and O–H groups in total. The van der Waals surface area contributed by atoms with E-state index < -0.39 is 0 Å². The molecule has 0 aromatic carbocycles. The third-order valence-corrected chi connectivity index (χ3v) is 2.90. The number of rotatable bonds is 7. The average Bonchev–Trinajstić information content (AvgIpc) is 2.29. The second-order valence-electron chi connectivity index (χ2n) is 3.94. The van der Waals surface area contributed by atoms with Crippen LogP contribution < -0.4 is 10.9 Å². The number of aromatic nitrogens is 1. The first-order chi connectivity index (χ1) is 8.15. The molecule has 1 aromatic heterocycles. The summed E-state index contributed by atoms with van der Waals surface area (Å²) in [6, 6.07) is 1.84. The second kappa shape index (κ2) is 7.63. The van der Waals surface area contributed by atoms with Crippen LogP contribution in [-0.2, 0) is 11.3 Å². The third kappa shape index (κ3) is 5.02. The van der Waals surface area contributed by atoms with Crippen LogP contribution in [0.15, 0.2) is 21.5 Å². The van der Waals surface area contributed by atoms with Crippen molar-refractivity contribution in [3.63, 3.8) is 0 Å². The van der Waals surface area contributed by atoms with Gasteiger partial charge in [0.15, 0.2) is 0 Å². The molecule has 0 saturated carbocycles. The Morgan fingerprint density at radius 1 is 1.47 bits per heavy atom. The molecule has 4 nitrogen and oxygen atoms in total. The lowest BCUT2D eigenvalue weighted by atomic mass is 10.3. The number of hydrogen-bond acceptors (Lipinski definition) is 3. The Morgan fingerprint density at radius 2 is 2.24 bits per heavy atom. The van der Waals surface area contributed by atoms with Crippen molar-refractivity contribution in [2.75, 3.05) is 26.8 Å². The normalized spacial score (nSPS) is 10.8. The van der Waals surface area contributed by atoms with E-state index in [-0.39, 0.29) is 5.56 Å². The van der Waals surface area contributed by atoms with Crippen molar-refractivity contribution >= 4 is 15.9 Å². The van der Waals surface area contributed by atoms with Crippen molar-refractivity contribution in [2.45, 2.75) is 19.9 Å². The molecule has 0 aliphatic rings. The van der Waals surface area contributed by atoms with E-state index in [9.17, 15) is 4.79 Å². The smallest absolute Gasteiger partial charge is 0.253 e.